The van der Waals surface area contributed by atoms with Gasteiger partial charge in [-0.15, -0.1) is 0 Å². The van der Waals surface area contributed by atoms with Gasteiger partial charge in [-0.05, 0) is 26.0 Å². The lowest BCUT2D eigenvalue weighted by atomic mass is 10.2. The first-order valence-electron chi connectivity index (χ1n) is 6.09. The summed E-state index contributed by atoms with van der Waals surface area (Å²) in [5.74, 6) is 0.0844. The maximum absolute atomic E-state index is 11.9. The van der Waals surface area contributed by atoms with Crippen molar-refractivity contribution in [3.8, 4) is 5.75 Å². The van der Waals surface area contributed by atoms with Gasteiger partial charge in [0, 0.05) is 17.8 Å². The van der Waals surface area contributed by atoms with Crippen LogP contribution in [-0.2, 0) is 9.59 Å². The molecule has 0 saturated heterocycles. The van der Waals surface area contributed by atoms with Gasteiger partial charge in [0.1, 0.15) is 12.3 Å². The molecule has 3 N–H and O–H groups in total. The zero-order chi connectivity index (χ0) is 14.0. The molecule has 1 heterocycles. The average molecular weight is 263 g/mol. The standard InChI is InChI=1S/C13H17N3O3/c1-8(2)15-12(17)6-16-10-4-3-9(14)5-11(10)19-7-13(16)18/h3-5,8H,6-7,14H2,1-2H3,(H,15,17). The minimum absolute atomic E-state index is 0.0166. The number of carbonyl (C=O) groups is 2. The van der Waals surface area contributed by atoms with Gasteiger partial charge in [0.2, 0.25) is 5.91 Å². The van der Waals surface area contributed by atoms with E-state index in [-0.39, 0.29) is 31.0 Å². The molecule has 1 aliphatic heterocycles. The van der Waals surface area contributed by atoms with E-state index < -0.39 is 0 Å². The molecule has 0 saturated carbocycles. The van der Waals surface area contributed by atoms with Crippen LogP contribution in [0.5, 0.6) is 5.75 Å². The summed E-state index contributed by atoms with van der Waals surface area (Å²) in [5.41, 5.74) is 6.80. The summed E-state index contributed by atoms with van der Waals surface area (Å²) < 4.78 is 5.31. The third-order valence-corrected chi connectivity index (χ3v) is 2.68. The summed E-state index contributed by atoms with van der Waals surface area (Å²) in [6.07, 6.45) is 0. The second kappa shape index (κ2) is 5.17. The van der Waals surface area contributed by atoms with Crippen molar-refractivity contribution < 1.29 is 14.3 Å². The van der Waals surface area contributed by atoms with Crippen molar-refractivity contribution in [1.29, 1.82) is 0 Å². The summed E-state index contributed by atoms with van der Waals surface area (Å²) in [6, 6.07) is 5.04. The largest absolute Gasteiger partial charge is 0.481 e. The molecule has 2 amide bonds. The molecule has 0 spiro atoms. The Morgan fingerprint density at radius 1 is 1.53 bits per heavy atom. The van der Waals surface area contributed by atoms with Crippen molar-refractivity contribution in [2.45, 2.75) is 19.9 Å². The summed E-state index contributed by atoms with van der Waals surface area (Å²) in [7, 11) is 0. The first kappa shape index (κ1) is 13.2. The third-order valence-electron chi connectivity index (χ3n) is 2.68. The lowest BCUT2D eigenvalue weighted by molar-refractivity contribution is -0.125. The van der Waals surface area contributed by atoms with Crippen LogP contribution in [0.2, 0.25) is 0 Å². The normalized spacial score (nSPS) is 14.1. The van der Waals surface area contributed by atoms with Gasteiger partial charge in [-0.3, -0.25) is 14.5 Å². The van der Waals surface area contributed by atoms with Crippen LogP contribution in [0.1, 0.15) is 13.8 Å². The van der Waals surface area contributed by atoms with E-state index in [0.29, 0.717) is 17.1 Å². The molecule has 0 aromatic heterocycles. The third kappa shape index (κ3) is 2.96. The Bertz CT molecular complexity index is 514. The fourth-order valence-electron chi connectivity index (χ4n) is 1.91. The molecule has 2 rings (SSSR count). The van der Waals surface area contributed by atoms with Gasteiger partial charge in [0.05, 0.1) is 5.69 Å². The van der Waals surface area contributed by atoms with Crippen molar-refractivity contribution in [3.63, 3.8) is 0 Å². The molecule has 1 aliphatic rings. The van der Waals surface area contributed by atoms with E-state index in [1.165, 1.54) is 4.90 Å². The van der Waals surface area contributed by atoms with Crippen LogP contribution in [-0.4, -0.2) is 31.0 Å². The lowest BCUT2D eigenvalue weighted by Crippen LogP contribution is -2.46. The number of fused-ring (bicyclic) bond motifs is 1. The van der Waals surface area contributed by atoms with Gasteiger partial charge in [-0.1, -0.05) is 0 Å². The number of amides is 2. The highest BCUT2D eigenvalue weighted by molar-refractivity contribution is 6.02. The fourth-order valence-corrected chi connectivity index (χ4v) is 1.91. The molecule has 0 unspecified atom stereocenters. The molecule has 19 heavy (non-hydrogen) atoms. The maximum atomic E-state index is 11.9. The molecule has 102 valence electrons. The van der Waals surface area contributed by atoms with Crippen molar-refractivity contribution in [2.24, 2.45) is 0 Å². The van der Waals surface area contributed by atoms with Crippen molar-refractivity contribution >= 4 is 23.2 Å². The Kier molecular flexibility index (Phi) is 3.59. The van der Waals surface area contributed by atoms with Crippen LogP contribution >= 0.6 is 0 Å². The zero-order valence-electron chi connectivity index (χ0n) is 11.0. The average Bonchev–Trinajstić information content (AvgIpc) is 2.32. The highest BCUT2D eigenvalue weighted by Gasteiger charge is 2.27. The highest BCUT2D eigenvalue weighted by Crippen LogP contribution is 2.33. The first-order chi connectivity index (χ1) is 8.97. The van der Waals surface area contributed by atoms with Crippen molar-refractivity contribution in [1.82, 2.24) is 5.32 Å². The molecule has 6 heteroatoms. The predicted molar refractivity (Wildman–Crippen MR) is 72.0 cm³/mol. The highest BCUT2D eigenvalue weighted by atomic mass is 16.5. The van der Waals surface area contributed by atoms with Crippen molar-refractivity contribution in [3.05, 3.63) is 18.2 Å². The monoisotopic (exact) mass is 263 g/mol. The van der Waals surface area contributed by atoms with Crippen LogP contribution in [0.3, 0.4) is 0 Å². The number of nitrogens with two attached hydrogens (primary N) is 1. The minimum atomic E-state index is -0.240. The molecule has 1 aromatic rings. The van der Waals surface area contributed by atoms with E-state index in [1.807, 2.05) is 13.8 Å². The molecule has 1 aromatic carbocycles. The summed E-state index contributed by atoms with van der Waals surface area (Å²) >= 11 is 0. The number of carbonyl (C=O) groups excluding carboxylic acids is 2. The van der Waals surface area contributed by atoms with Crippen LogP contribution < -0.4 is 20.7 Å². The predicted octanol–water partition coefficient (Wildman–Crippen LogP) is 0.519. The fraction of sp³-hybridized carbons (Fsp3) is 0.385. The second-order valence-electron chi connectivity index (χ2n) is 4.72. The molecule has 0 aliphatic carbocycles. The van der Waals surface area contributed by atoms with E-state index in [2.05, 4.69) is 5.32 Å². The molecule has 0 radical (unpaired) electrons. The van der Waals surface area contributed by atoms with E-state index in [4.69, 9.17) is 10.5 Å². The number of rotatable bonds is 3. The first-order valence-corrected chi connectivity index (χ1v) is 6.09. The SMILES string of the molecule is CC(C)NC(=O)CN1C(=O)COc2cc(N)ccc21. The Morgan fingerprint density at radius 2 is 2.26 bits per heavy atom. The van der Waals surface area contributed by atoms with E-state index in [0.717, 1.165) is 0 Å². The van der Waals surface area contributed by atoms with E-state index in [1.54, 1.807) is 18.2 Å². The van der Waals surface area contributed by atoms with Crippen LogP contribution in [0.15, 0.2) is 18.2 Å². The van der Waals surface area contributed by atoms with Crippen LogP contribution in [0.25, 0.3) is 0 Å². The molecule has 0 fully saturated rings. The molecular formula is C13H17N3O3. The second-order valence-corrected chi connectivity index (χ2v) is 4.72. The number of nitrogens with zero attached hydrogens (tertiary/aromatic N) is 1. The van der Waals surface area contributed by atoms with Crippen LogP contribution in [0.4, 0.5) is 11.4 Å². The summed E-state index contributed by atoms with van der Waals surface area (Å²) in [5, 5.41) is 2.75. The zero-order valence-corrected chi connectivity index (χ0v) is 11.0. The van der Waals surface area contributed by atoms with Gasteiger partial charge in [0.15, 0.2) is 6.61 Å². The number of nitrogens with one attached hydrogen (secondary N) is 1. The van der Waals surface area contributed by atoms with Gasteiger partial charge >= 0.3 is 0 Å². The quantitative estimate of drug-likeness (QED) is 0.779. The number of benzene rings is 1. The number of hydrogen-bond acceptors (Lipinski definition) is 4. The topological polar surface area (TPSA) is 84.7 Å². The van der Waals surface area contributed by atoms with Crippen molar-refractivity contribution in [2.75, 3.05) is 23.8 Å². The van der Waals surface area contributed by atoms with Gasteiger partial charge in [0.25, 0.3) is 5.91 Å². The van der Waals surface area contributed by atoms with E-state index >= 15 is 0 Å². The minimum Gasteiger partial charge on any atom is -0.481 e. The Hall–Kier alpha value is -2.24. The van der Waals surface area contributed by atoms with Gasteiger partial charge in [-0.25, -0.2) is 0 Å². The number of hydrogen-bond donors (Lipinski definition) is 2. The molecule has 6 nitrogen and oxygen atoms in total. The Morgan fingerprint density at radius 3 is 2.95 bits per heavy atom. The number of nitrogen functional groups attached to an aromatic ring is 1. The maximum Gasteiger partial charge on any atom is 0.265 e. The van der Waals surface area contributed by atoms with Gasteiger partial charge in [-0.2, -0.15) is 0 Å². The number of anilines is 2. The molecular weight excluding hydrogens is 246 g/mol. The molecule has 0 atom stereocenters. The number of ether oxygens (including phenoxy) is 1. The molecule has 0 bridgehead atoms. The van der Waals surface area contributed by atoms with Gasteiger partial charge < -0.3 is 15.8 Å². The van der Waals surface area contributed by atoms with Crippen LogP contribution in [0, 0.1) is 0 Å². The van der Waals surface area contributed by atoms with E-state index in [9.17, 15) is 9.59 Å². The summed E-state index contributed by atoms with van der Waals surface area (Å²) in [4.78, 5) is 25.0. The Balaban J connectivity index is 2.21. The lowest BCUT2D eigenvalue weighted by Gasteiger charge is -2.29. The smallest absolute Gasteiger partial charge is 0.265 e. The summed E-state index contributed by atoms with van der Waals surface area (Å²) in [6.45, 7) is 3.64. The Labute approximate surface area is 111 Å².